The van der Waals surface area contributed by atoms with E-state index in [1.807, 2.05) is 0 Å². The Kier molecular flexibility index (Phi) is 5.22. The summed E-state index contributed by atoms with van der Waals surface area (Å²) in [6, 6.07) is 7.52. The summed E-state index contributed by atoms with van der Waals surface area (Å²) in [5, 5.41) is 3.63. The summed E-state index contributed by atoms with van der Waals surface area (Å²) in [5.74, 6) is 0. The van der Waals surface area contributed by atoms with Crippen molar-refractivity contribution >= 4 is 0 Å². The molecular formula is C18H29NO. The SMILES string of the molecule is CCNC(CCC(C)(C)OC)c1ccc2c(c1)CCC2. The average molecular weight is 275 g/mol. The summed E-state index contributed by atoms with van der Waals surface area (Å²) < 4.78 is 5.55. The standard InChI is InChI=1S/C18H29NO/c1-5-19-17(11-12-18(2,3)20-4)16-10-9-14-7-6-8-15(14)13-16/h9-10,13,17,19H,5-8,11-12H2,1-4H3. The fraction of sp³-hybridized carbons (Fsp3) is 0.667. The highest BCUT2D eigenvalue weighted by molar-refractivity contribution is 5.36. The molecule has 1 aromatic rings. The molecule has 1 atom stereocenters. The van der Waals surface area contributed by atoms with Gasteiger partial charge in [0.25, 0.3) is 0 Å². The van der Waals surface area contributed by atoms with Gasteiger partial charge in [0, 0.05) is 13.2 Å². The largest absolute Gasteiger partial charge is 0.379 e. The van der Waals surface area contributed by atoms with Crippen molar-refractivity contribution in [2.75, 3.05) is 13.7 Å². The summed E-state index contributed by atoms with van der Waals surface area (Å²) in [6.45, 7) is 7.52. The number of methoxy groups -OCH3 is 1. The van der Waals surface area contributed by atoms with Crippen LogP contribution in [0.3, 0.4) is 0 Å². The number of ether oxygens (including phenoxy) is 1. The molecule has 0 radical (unpaired) electrons. The fourth-order valence-corrected chi connectivity index (χ4v) is 3.04. The molecule has 2 nitrogen and oxygen atoms in total. The summed E-state index contributed by atoms with van der Waals surface area (Å²) in [6.07, 6.45) is 6.02. The van der Waals surface area contributed by atoms with Crippen LogP contribution >= 0.6 is 0 Å². The van der Waals surface area contributed by atoms with Crippen molar-refractivity contribution in [3.8, 4) is 0 Å². The Morgan fingerprint density at radius 2 is 2.00 bits per heavy atom. The number of hydrogen-bond donors (Lipinski definition) is 1. The van der Waals surface area contributed by atoms with Gasteiger partial charge in [0.05, 0.1) is 5.60 Å². The highest BCUT2D eigenvalue weighted by Gasteiger charge is 2.21. The number of aryl methyl sites for hydroxylation is 2. The number of benzene rings is 1. The lowest BCUT2D eigenvalue weighted by Gasteiger charge is -2.27. The Bertz CT molecular complexity index is 439. The van der Waals surface area contributed by atoms with Gasteiger partial charge in [-0.15, -0.1) is 0 Å². The van der Waals surface area contributed by atoms with E-state index in [1.165, 1.54) is 24.8 Å². The van der Waals surface area contributed by atoms with Crippen LogP contribution in [0.15, 0.2) is 18.2 Å². The van der Waals surface area contributed by atoms with Gasteiger partial charge < -0.3 is 10.1 Å². The minimum atomic E-state index is -0.0373. The van der Waals surface area contributed by atoms with E-state index in [1.54, 1.807) is 18.2 Å². The molecule has 1 aliphatic carbocycles. The van der Waals surface area contributed by atoms with Gasteiger partial charge in [-0.25, -0.2) is 0 Å². The lowest BCUT2D eigenvalue weighted by Crippen LogP contribution is -2.27. The van der Waals surface area contributed by atoms with Crippen molar-refractivity contribution in [2.24, 2.45) is 0 Å². The predicted molar refractivity (Wildman–Crippen MR) is 85.2 cm³/mol. The summed E-state index contributed by atoms with van der Waals surface area (Å²) in [7, 11) is 1.80. The Balaban J connectivity index is 2.08. The van der Waals surface area contributed by atoms with Crippen LogP contribution in [0, 0.1) is 0 Å². The van der Waals surface area contributed by atoms with Crippen LogP contribution in [-0.2, 0) is 17.6 Å². The zero-order valence-corrected chi connectivity index (χ0v) is 13.5. The molecule has 0 aliphatic heterocycles. The average Bonchev–Trinajstić information content (AvgIpc) is 2.90. The van der Waals surface area contributed by atoms with E-state index in [2.05, 4.69) is 44.3 Å². The van der Waals surface area contributed by atoms with Crippen LogP contribution in [0.25, 0.3) is 0 Å². The Morgan fingerprint density at radius 3 is 2.70 bits per heavy atom. The van der Waals surface area contributed by atoms with Gasteiger partial charge in [-0.05, 0) is 69.2 Å². The van der Waals surface area contributed by atoms with Crippen molar-refractivity contribution < 1.29 is 4.74 Å². The van der Waals surface area contributed by atoms with Crippen LogP contribution in [0.2, 0.25) is 0 Å². The molecule has 2 rings (SSSR count). The molecule has 0 bridgehead atoms. The van der Waals surface area contributed by atoms with Gasteiger partial charge in [-0.1, -0.05) is 25.1 Å². The molecule has 1 N–H and O–H groups in total. The van der Waals surface area contributed by atoms with Crippen molar-refractivity contribution in [3.05, 3.63) is 34.9 Å². The van der Waals surface area contributed by atoms with Crippen LogP contribution in [-0.4, -0.2) is 19.3 Å². The molecule has 0 saturated carbocycles. The Hall–Kier alpha value is -0.860. The fourth-order valence-electron chi connectivity index (χ4n) is 3.04. The van der Waals surface area contributed by atoms with Crippen LogP contribution in [0.5, 0.6) is 0 Å². The third-order valence-corrected chi connectivity index (χ3v) is 4.56. The molecule has 112 valence electrons. The van der Waals surface area contributed by atoms with E-state index in [0.717, 1.165) is 19.4 Å². The molecule has 0 fully saturated rings. The van der Waals surface area contributed by atoms with E-state index in [0.29, 0.717) is 6.04 Å². The van der Waals surface area contributed by atoms with E-state index < -0.39 is 0 Å². The van der Waals surface area contributed by atoms with E-state index in [4.69, 9.17) is 4.74 Å². The first-order valence-electron chi connectivity index (χ1n) is 7.96. The molecular weight excluding hydrogens is 246 g/mol. The predicted octanol–water partition coefficient (Wildman–Crippen LogP) is 4.03. The summed E-state index contributed by atoms with van der Waals surface area (Å²) >= 11 is 0. The van der Waals surface area contributed by atoms with Crippen molar-refractivity contribution in [1.82, 2.24) is 5.32 Å². The highest BCUT2D eigenvalue weighted by atomic mass is 16.5. The molecule has 0 spiro atoms. The molecule has 1 aromatic carbocycles. The Morgan fingerprint density at radius 1 is 1.25 bits per heavy atom. The minimum absolute atomic E-state index is 0.0373. The molecule has 1 unspecified atom stereocenters. The quantitative estimate of drug-likeness (QED) is 0.811. The van der Waals surface area contributed by atoms with Crippen molar-refractivity contribution in [2.45, 2.75) is 64.5 Å². The second-order valence-corrected chi connectivity index (χ2v) is 6.49. The zero-order valence-electron chi connectivity index (χ0n) is 13.5. The number of fused-ring (bicyclic) bond motifs is 1. The van der Waals surface area contributed by atoms with Crippen molar-refractivity contribution in [3.63, 3.8) is 0 Å². The number of hydrogen-bond acceptors (Lipinski definition) is 2. The van der Waals surface area contributed by atoms with Crippen LogP contribution in [0.4, 0.5) is 0 Å². The molecule has 0 heterocycles. The monoisotopic (exact) mass is 275 g/mol. The lowest BCUT2D eigenvalue weighted by molar-refractivity contribution is 0.0117. The third-order valence-electron chi connectivity index (χ3n) is 4.56. The Labute approximate surface area is 123 Å². The van der Waals surface area contributed by atoms with Gasteiger partial charge in [-0.3, -0.25) is 0 Å². The molecule has 0 aromatic heterocycles. The third kappa shape index (κ3) is 3.83. The maximum Gasteiger partial charge on any atom is 0.0623 e. The molecule has 1 aliphatic rings. The second-order valence-electron chi connectivity index (χ2n) is 6.49. The summed E-state index contributed by atoms with van der Waals surface area (Å²) in [5.41, 5.74) is 4.53. The molecule has 2 heteroatoms. The number of nitrogens with one attached hydrogen (secondary N) is 1. The minimum Gasteiger partial charge on any atom is -0.379 e. The van der Waals surface area contributed by atoms with Gasteiger partial charge in [0.1, 0.15) is 0 Å². The van der Waals surface area contributed by atoms with Crippen LogP contribution in [0.1, 0.15) is 62.8 Å². The maximum absolute atomic E-state index is 5.55. The van der Waals surface area contributed by atoms with Gasteiger partial charge in [-0.2, -0.15) is 0 Å². The first-order valence-corrected chi connectivity index (χ1v) is 7.96. The second kappa shape index (κ2) is 6.73. The topological polar surface area (TPSA) is 21.3 Å². The number of rotatable bonds is 7. The normalized spacial score (nSPS) is 16.2. The van der Waals surface area contributed by atoms with Crippen LogP contribution < -0.4 is 5.32 Å². The molecule has 0 amide bonds. The maximum atomic E-state index is 5.55. The van der Waals surface area contributed by atoms with Gasteiger partial charge >= 0.3 is 0 Å². The zero-order chi connectivity index (χ0) is 14.6. The highest BCUT2D eigenvalue weighted by Crippen LogP contribution is 2.29. The first kappa shape index (κ1) is 15.5. The van der Waals surface area contributed by atoms with E-state index >= 15 is 0 Å². The van der Waals surface area contributed by atoms with Crippen molar-refractivity contribution in [1.29, 1.82) is 0 Å². The van der Waals surface area contributed by atoms with E-state index in [-0.39, 0.29) is 5.60 Å². The summed E-state index contributed by atoms with van der Waals surface area (Å²) in [4.78, 5) is 0. The van der Waals surface area contributed by atoms with Gasteiger partial charge in [0.2, 0.25) is 0 Å². The lowest BCUT2D eigenvalue weighted by atomic mass is 9.93. The van der Waals surface area contributed by atoms with E-state index in [9.17, 15) is 0 Å². The first-order chi connectivity index (χ1) is 9.55. The molecule has 20 heavy (non-hydrogen) atoms. The smallest absolute Gasteiger partial charge is 0.0623 e. The molecule has 0 saturated heterocycles. The van der Waals surface area contributed by atoms with Gasteiger partial charge in [0.15, 0.2) is 0 Å².